The average molecular weight is 1040 g/mol. The summed E-state index contributed by atoms with van der Waals surface area (Å²) in [6.07, 6.45) is -3.97. The fourth-order valence-corrected chi connectivity index (χ4v) is 9.99. The van der Waals surface area contributed by atoms with Crippen molar-refractivity contribution in [1.29, 1.82) is 0 Å². The molecule has 0 spiro atoms. The number of piperidine rings is 2. The zero-order valence-corrected chi connectivity index (χ0v) is 42.5. The minimum atomic E-state index is -4.72. The van der Waals surface area contributed by atoms with Crippen molar-refractivity contribution in [1.82, 2.24) is 25.1 Å². The van der Waals surface area contributed by atoms with Gasteiger partial charge in [-0.1, -0.05) is 11.6 Å². The van der Waals surface area contributed by atoms with Crippen LogP contribution in [-0.4, -0.2) is 108 Å². The summed E-state index contributed by atoms with van der Waals surface area (Å²) in [6, 6.07) is 10.2. The zero-order valence-electron chi connectivity index (χ0n) is 45.7. The lowest BCUT2D eigenvalue weighted by Gasteiger charge is -2.37. The van der Waals surface area contributed by atoms with Gasteiger partial charge in [-0.2, -0.15) is 13.2 Å². The quantitative estimate of drug-likeness (QED) is 0.123. The Kier molecular flexibility index (Phi) is 14.5. The Morgan fingerprint density at radius 3 is 2.29 bits per heavy atom. The fourth-order valence-electron chi connectivity index (χ4n) is 9.77. The van der Waals surface area contributed by atoms with Crippen molar-refractivity contribution >= 4 is 69.5 Å². The molecule has 0 radical (unpaired) electrons. The topological polar surface area (TPSA) is 185 Å². The molecule has 0 unspecified atom stereocenters. The number of likely N-dealkylation sites (tertiary alicyclic amines) is 2. The van der Waals surface area contributed by atoms with Gasteiger partial charge in [0.15, 0.2) is 0 Å². The molecule has 4 aromatic rings. The van der Waals surface area contributed by atoms with Gasteiger partial charge in [-0.25, -0.2) is 19.6 Å². The number of hydrogen-bond donors (Lipinski definition) is 3. The highest BCUT2D eigenvalue weighted by molar-refractivity contribution is 6.34. The molecule has 3 saturated heterocycles. The molecular weight excluding hydrogens is 969 g/mol. The van der Waals surface area contributed by atoms with E-state index in [1.807, 2.05) is 6.07 Å². The van der Waals surface area contributed by atoms with Gasteiger partial charge in [0.05, 0.1) is 41.0 Å². The lowest BCUT2D eigenvalue weighted by atomic mass is 9.77. The van der Waals surface area contributed by atoms with Crippen LogP contribution in [0, 0.1) is 18.8 Å². The number of urea groups is 1. The lowest BCUT2D eigenvalue weighted by Crippen LogP contribution is -2.49. The number of anilines is 3. The maximum Gasteiger partial charge on any atom is 0.416 e. The van der Waals surface area contributed by atoms with E-state index in [-0.39, 0.29) is 66.4 Å². The standard InChI is InChI=1S/C53H64ClF3N8O8/c1-30(36-23-37(53(55,56)57)26-38(24-36)61-51(70)73-52(3,4)5)58-47-41-27-40(45(71-6)28-43(41)59-31(2)60-47)33-7-9-34(10-8-33)48(67)64-20-15-39(16-21-64)72-29-32-13-18-63(19-14-32)49(68)35-11-12-42(54)44(25-35)65-22-17-46(66)62-50(65)69/h11-12,23-28,30,32-34,39H,7-10,13-22,29H2,1-6H3,(H,61,70)(H,58,59,60)(H,62,66,69)/t30-,33?,34?/m1/s1/i20D2,21D2. The van der Waals surface area contributed by atoms with Gasteiger partial charge >= 0.3 is 18.3 Å². The van der Waals surface area contributed by atoms with Crippen LogP contribution >= 0.6 is 11.6 Å². The first kappa shape index (κ1) is 47.8. The molecule has 1 aliphatic carbocycles. The van der Waals surface area contributed by atoms with Gasteiger partial charge in [-0.05, 0) is 151 Å². The van der Waals surface area contributed by atoms with E-state index >= 15 is 0 Å². The minimum absolute atomic E-state index is 0.0135. The van der Waals surface area contributed by atoms with Crippen LogP contribution in [0.15, 0.2) is 48.5 Å². The van der Waals surface area contributed by atoms with Gasteiger partial charge < -0.3 is 29.3 Å². The van der Waals surface area contributed by atoms with E-state index in [4.69, 9.17) is 31.3 Å². The van der Waals surface area contributed by atoms with E-state index in [1.54, 1.807) is 63.8 Å². The first-order chi connectivity index (χ1) is 36.1. The second kappa shape index (κ2) is 22.1. The molecule has 3 N–H and O–H groups in total. The van der Waals surface area contributed by atoms with Crippen molar-refractivity contribution in [2.45, 2.75) is 122 Å². The highest BCUT2D eigenvalue weighted by Crippen LogP contribution is 2.43. The highest BCUT2D eigenvalue weighted by Gasteiger charge is 2.36. The number of benzene rings is 3. The van der Waals surface area contributed by atoms with E-state index in [9.17, 15) is 37.1 Å². The molecule has 73 heavy (non-hydrogen) atoms. The number of methoxy groups -OCH3 is 1. The van der Waals surface area contributed by atoms with E-state index in [0.29, 0.717) is 91.2 Å². The van der Waals surface area contributed by atoms with Crippen molar-refractivity contribution in [3.8, 4) is 5.75 Å². The van der Waals surface area contributed by atoms with Crippen LogP contribution in [0.3, 0.4) is 0 Å². The number of amides is 6. The monoisotopic (exact) mass is 1040 g/mol. The summed E-state index contributed by atoms with van der Waals surface area (Å²) in [7, 11) is 1.53. The number of ether oxygens (including phenoxy) is 3. The molecular formula is C53H64ClF3N8O8. The maximum absolute atomic E-state index is 14.3. The highest BCUT2D eigenvalue weighted by atomic mass is 35.5. The molecule has 3 aliphatic heterocycles. The van der Waals surface area contributed by atoms with Crippen LogP contribution < -0.4 is 25.6 Å². The Morgan fingerprint density at radius 2 is 1.63 bits per heavy atom. The van der Waals surface area contributed by atoms with Gasteiger partial charge in [0, 0.05) is 79.8 Å². The van der Waals surface area contributed by atoms with E-state index < -0.39 is 72.3 Å². The van der Waals surface area contributed by atoms with Gasteiger partial charge in [-0.3, -0.25) is 29.9 Å². The molecule has 4 aliphatic rings. The predicted molar refractivity (Wildman–Crippen MR) is 270 cm³/mol. The molecule has 20 heteroatoms. The van der Waals surface area contributed by atoms with Crippen molar-refractivity contribution < 1.29 is 56.8 Å². The number of aryl methyl sites for hydroxylation is 1. The number of carbonyl (C=O) groups is 5. The number of carbonyl (C=O) groups excluding carboxylic acids is 5. The number of nitrogens with zero attached hydrogens (tertiary/aromatic N) is 5. The zero-order chi connectivity index (χ0) is 55.9. The molecule has 4 fully saturated rings. The van der Waals surface area contributed by atoms with Crippen molar-refractivity contribution in [3.05, 3.63) is 81.6 Å². The summed E-state index contributed by atoms with van der Waals surface area (Å²) >= 11 is 6.39. The second-order valence-corrected chi connectivity index (χ2v) is 20.5. The number of aromatic nitrogens is 2. The Balaban J connectivity index is 0.879. The Morgan fingerprint density at radius 1 is 0.918 bits per heavy atom. The third-order valence-electron chi connectivity index (χ3n) is 13.6. The van der Waals surface area contributed by atoms with E-state index in [2.05, 4.69) is 25.9 Å². The maximum atomic E-state index is 14.3. The number of rotatable bonds is 12. The molecule has 1 atom stereocenters. The Bertz CT molecular complexity index is 2910. The molecule has 4 heterocycles. The summed E-state index contributed by atoms with van der Waals surface area (Å²) in [5.41, 5.74) is 0.220. The SMILES string of the molecule is [2H]C1([2H])CC(OCC2CCN(C(=O)c3ccc(Cl)c(N4CCC(=O)NC4=O)c3)CC2)CC([2H])([2H])N1C(=O)C1CCC(c2cc3c(N[C@H](C)c4cc(NC(=O)OC(C)(C)C)cc(C(F)(F)F)c4)nc(C)nc3cc2OC)CC1. The molecule has 3 aromatic carbocycles. The Labute approximate surface area is 433 Å². The second-order valence-electron chi connectivity index (χ2n) is 20.1. The number of halogens is 4. The summed E-state index contributed by atoms with van der Waals surface area (Å²) < 4.78 is 95.9. The van der Waals surface area contributed by atoms with Crippen LogP contribution in [-0.2, 0) is 25.2 Å². The van der Waals surface area contributed by atoms with Crippen LogP contribution in [0.1, 0.15) is 136 Å². The summed E-state index contributed by atoms with van der Waals surface area (Å²) in [4.78, 5) is 77.6. The molecule has 0 bridgehead atoms. The first-order valence-corrected chi connectivity index (χ1v) is 25.0. The molecule has 8 rings (SSSR count). The summed E-state index contributed by atoms with van der Waals surface area (Å²) in [6.45, 7) is 4.73. The van der Waals surface area contributed by atoms with Gasteiger partial charge in [0.1, 0.15) is 23.0 Å². The molecule has 1 aromatic heterocycles. The third-order valence-corrected chi connectivity index (χ3v) is 14.0. The number of imide groups is 1. The van der Waals surface area contributed by atoms with Crippen LogP contribution in [0.5, 0.6) is 5.75 Å². The molecule has 6 amide bonds. The average Bonchev–Trinajstić information content (AvgIpc) is 3.37. The normalized spacial score (nSPS) is 22.1. The summed E-state index contributed by atoms with van der Waals surface area (Å²) in [5, 5.41) is 8.77. The molecule has 16 nitrogen and oxygen atoms in total. The molecule has 1 saturated carbocycles. The van der Waals surface area contributed by atoms with Gasteiger partial charge in [0.25, 0.3) is 5.91 Å². The number of alkyl halides is 3. The van der Waals surface area contributed by atoms with Crippen molar-refractivity contribution in [2.75, 3.05) is 61.9 Å². The van der Waals surface area contributed by atoms with Gasteiger partial charge in [0.2, 0.25) is 11.8 Å². The van der Waals surface area contributed by atoms with Crippen LogP contribution in [0.4, 0.5) is 40.0 Å². The smallest absolute Gasteiger partial charge is 0.416 e. The van der Waals surface area contributed by atoms with Gasteiger partial charge in [-0.15, -0.1) is 0 Å². The lowest BCUT2D eigenvalue weighted by molar-refractivity contribution is -0.139. The number of hydrogen-bond acceptors (Lipinski definition) is 11. The largest absolute Gasteiger partial charge is 0.496 e. The van der Waals surface area contributed by atoms with Crippen molar-refractivity contribution in [3.63, 3.8) is 0 Å². The van der Waals surface area contributed by atoms with Crippen LogP contribution in [0.25, 0.3) is 10.9 Å². The van der Waals surface area contributed by atoms with Crippen LogP contribution in [0.2, 0.25) is 5.02 Å². The van der Waals surface area contributed by atoms with Crippen molar-refractivity contribution in [2.24, 2.45) is 11.8 Å². The first-order valence-electron chi connectivity index (χ1n) is 26.6. The Hall–Kier alpha value is -6.21. The predicted octanol–water partition coefficient (Wildman–Crippen LogP) is 10.4. The number of fused-ring (bicyclic) bond motifs is 1. The molecule has 392 valence electrons. The fraction of sp³-hybridized carbons (Fsp3) is 0.528. The summed E-state index contributed by atoms with van der Waals surface area (Å²) in [5.74, 6) is -0.756. The van der Waals surface area contributed by atoms with E-state index in [1.165, 1.54) is 18.1 Å². The third kappa shape index (κ3) is 12.9. The van der Waals surface area contributed by atoms with E-state index in [0.717, 1.165) is 22.6 Å². The minimum Gasteiger partial charge on any atom is -0.496 e. The number of nitrogens with one attached hydrogen (secondary N) is 3.